The average molecular weight is 84.1 g/mol. The van der Waals surface area contributed by atoms with E-state index in [2.05, 4.69) is 0 Å². The molecule has 0 aromatic heterocycles. The molecule has 1 atom stereocenters. The van der Waals surface area contributed by atoms with Gasteiger partial charge in [0.25, 0.3) is 0 Å². The lowest BCUT2D eigenvalue weighted by Crippen LogP contribution is -2.12. The Hall–Kier alpha value is -0.300. The molecule has 1 unspecified atom stereocenters. The van der Waals surface area contributed by atoms with E-state index >= 15 is 0 Å². The Morgan fingerprint density at radius 1 is 2.00 bits per heavy atom. The molecule has 0 aliphatic rings. The van der Waals surface area contributed by atoms with Crippen molar-refractivity contribution in [2.24, 2.45) is 5.73 Å². The van der Waals surface area contributed by atoms with Crippen LogP contribution in [-0.2, 0) is 0 Å². The molecule has 2 N–H and O–H groups in total. The summed E-state index contributed by atoms with van der Waals surface area (Å²) in [6.45, 7) is 6.94. The fourth-order valence-corrected chi connectivity index (χ4v) is 0.215. The number of hydrogen-bond acceptors (Lipinski definition) is 1. The zero-order valence-corrected chi connectivity index (χ0v) is 4.02. The lowest BCUT2D eigenvalue weighted by molar-refractivity contribution is 0.757. The first-order chi connectivity index (χ1) is 2.77. The normalized spacial score (nSPS) is 13.7. The van der Waals surface area contributed by atoms with E-state index in [0.29, 0.717) is 0 Å². The summed E-state index contributed by atoms with van der Waals surface area (Å²) < 4.78 is 0. The number of hydrogen-bond donors (Lipinski definition) is 1. The van der Waals surface area contributed by atoms with Gasteiger partial charge in [-0.2, -0.15) is 0 Å². The molecule has 0 spiro atoms. The van der Waals surface area contributed by atoms with E-state index in [9.17, 15) is 0 Å². The van der Waals surface area contributed by atoms with E-state index in [-0.39, 0.29) is 6.04 Å². The Kier molecular flexibility index (Phi) is 2.77. The summed E-state index contributed by atoms with van der Waals surface area (Å²) in [4.78, 5) is 0. The molecule has 35 valence electrons. The van der Waals surface area contributed by atoms with Crippen LogP contribution in [0, 0.1) is 6.58 Å². The van der Waals surface area contributed by atoms with Gasteiger partial charge in [-0.05, 0) is 13.3 Å². The Morgan fingerprint density at radius 2 is 2.50 bits per heavy atom. The van der Waals surface area contributed by atoms with Crippen molar-refractivity contribution in [2.45, 2.75) is 19.4 Å². The first-order valence-electron chi connectivity index (χ1n) is 2.06. The minimum Gasteiger partial charge on any atom is -0.328 e. The summed E-state index contributed by atoms with van der Waals surface area (Å²) in [7, 11) is 0. The monoisotopic (exact) mass is 84.1 g/mol. The second kappa shape index (κ2) is 2.91. The van der Waals surface area contributed by atoms with Gasteiger partial charge in [-0.15, -0.1) is 0 Å². The molecule has 0 bridgehead atoms. The molecule has 0 saturated carbocycles. The van der Waals surface area contributed by atoms with Crippen molar-refractivity contribution in [1.29, 1.82) is 0 Å². The van der Waals surface area contributed by atoms with Gasteiger partial charge in [-0.1, -0.05) is 12.7 Å². The summed E-state index contributed by atoms with van der Waals surface area (Å²) in [5.74, 6) is 0. The standard InChI is InChI=1S/C5H10N/c1-3-4-5(2)6/h1,3,5H,4,6H2,2H3. The van der Waals surface area contributed by atoms with Crippen LogP contribution < -0.4 is 5.73 Å². The zero-order valence-electron chi connectivity index (χ0n) is 4.02. The van der Waals surface area contributed by atoms with Crippen LogP contribution in [0.25, 0.3) is 0 Å². The third kappa shape index (κ3) is 3.70. The van der Waals surface area contributed by atoms with Gasteiger partial charge in [-0.25, -0.2) is 0 Å². The van der Waals surface area contributed by atoms with Gasteiger partial charge in [-0.3, -0.25) is 0 Å². The van der Waals surface area contributed by atoms with Crippen LogP contribution in [0.2, 0.25) is 0 Å². The molecule has 1 radical (unpaired) electrons. The zero-order chi connectivity index (χ0) is 4.99. The highest BCUT2D eigenvalue weighted by Crippen LogP contribution is 1.82. The van der Waals surface area contributed by atoms with E-state index in [4.69, 9.17) is 12.3 Å². The van der Waals surface area contributed by atoms with E-state index in [1.54, 1.807) is 6.08 Å². The lowest BCUT2D eigenvalue weighted by atomic mass is 10.3. The molecule has 0 fully saturated rings. The molecule has 0 aromatic carbocycles. The van der Waals surface area contributed by atoms with Crippen LogP contribution in [-0.4, -0.2) is 6.04 Å². The minimum atomic E-state index is 0.218. The molecule has 1 heteroatoms. The van der Waals surface area contributed by atoms with Crippen molar-refractivity contribution in [3.63, 3.8) is 0 Å². The molecule has 0 amide bonds. The van der Waals surface area contributed by atoms with Gasteiger partial charge in [0.05, 0.1) is 0 Å². The topological polar surface area (TPSA) is 26.0 Å². The van der Waals surface area contributed by atoms with Gasteiger partial charge in [0, 0.05) is 6.04 Å². The molecular formula is C5H10N. The summed E-state index contributed by atoms with van der Waals surface area (Å²) in [5.41, 5.74) is 5.29. The van der Waals surface area contributed by atoms with Crippen molar-refractivity contribution >= 4 is 0 Å². The molecule has 0 saturated heterocycles. The van der Waals surface area contributed by atoms with Crippen LogP contribution >= 0.6 is 0 Å². The van der Waals surface area contributed by atoms with Gasteiger partial charge in [0.15, 0.2) is 0 Å². The Morgan fingerprint density at radius 3 is 2.50 bits per heavy atom. The molecule has 0 aliphatic carbocycles. The van der Waals surface area contributed by atoms with Crippen LogP contribution in [0.15, 0.2) is 6.08 Å². The van der Waals surface area contributed by atoms with E-state index in [1.807, 2.05) is 6.92 Å². The van der Waals surface area contributed by atoms with E-state index in [0.717, 1.165) is 6.42 Å². The Balaban J connectivity index is 2.81. The molecule has 6 heavy (non-hydrogen) atoms. The molecule has 0 aliphatic heterocycles. The molecular weight excluding hydrogens is 74.1 g/mol. The highest BCUT2D eigenvalue weighted by atomic mass is 14.6. The van der Waals surface area contributed by atoms with Crippen molar-refractivity contribution in [3.05, 3.63) is 12.7 Å². The first-order valence-corrected chi connectivity index (χ1v) is 2.06. The largest absolute Gasteiger partial charge is 0.328 e. The minimum absolute atomic E-state index is 0.218. The van der Waals surface area contributed by atoms with Gasteiger partial charge < -0.3 is 5.73 Å². The van der Waals surface area contributed by atoms with Gasteiger partial charge in [0.2, 0.25) is 0 Å². The number of nitrogens with two attached hydrogens (primary N) is 1. The van der Waals surface area contributed by atoms with Gasteiger partial charge >= 0.3 is 0 Å². The maximum absolute atomic E-state index is 5.29. The SMILES string of the molecule is [CH]=CCC(C)N. The average Bonchev–Trinajstić information content (AvgIpc) is 1.35. The first kappa shape index (κ1) is 5.70. The van der Waals surface area contributed by atoms with Crippen molar-refractivity contribution < 1.29 is 0 Å². The molecule has 0 heterocycles. The smallest absolute Gasteiger partial charge is 0.00451 e. The highest BCUT2D eigenvalue weighted by molar-refractivity contribution is 4.68. The summed E-state index contributed by atoms with van der Waals surface area (Å²) >= 11 is 0. The van der Waals surface area contributed by atoms with Crippen LogP contribution in [0.4, 0.5) is 0 Å². The Labute approximate surface area is 38.8 Å². The third-order valence-corrected chi connectivity index (χ3v) is 0.508. The van der Waals surface area contributed by atoms with E-state index < -0.39 is 0 Å². The lowest BCUT2D eigenvalue weighted by Gasteiger charge is -1.93. The van der Waals surface area contributed by atoms with Crippen LogP contribution in [0.1, 0.15) is 13.3 Å². The van der Waals surface area contributed by atoms with Crippen molar-refractivity contribution in [1.82, 2.24) is 0 Å². The highest BCUT2D eigenvalue weighted by Gasteiger charge is 1.82. The summed E-state index contributed by atoms with van der Waals surface area (Å²) in [6.07, 6.45) is 2.38. The fourth-order valence-electron chi connectivity index (χ4n) is 0.215. The van der Waals surface area contributed by atoms with Crippen LogP contribution in [0.5, 0.6) is 0 Å². The van der Waals surface area contributed by atoms with Gasteiger partial charge in [0.1, 0.15) is 0 Å². The molecule has 0 aromatic rings. The predicted molar refractivity (Wildman–Crippen MR) is 27.1 cm³/mol. The second-order valence-electron chi connectivity index (χ2n) is 1.45. The predicted octanol–water partition coefficient (Wildman–Crippen LogP) is 0.713. The van der Waals surface area contributed by atoms with Crippen molar-refractivity contribution in [3.8, 4) is 0 Å². The molecule has 0 rings (SSSR count). The summed E-state index contributed by atoms with van der Waals surface area (Å²) in [5, 5.41) is 0. The maximum Gasteiger partial charge on any atom is 0.00451 e. The Bertz CT molecular complexity index is 39.2. The quantitative estimate of drug-likeness (QED) is 0.524. The number of rotatable bonds is 2. The van der Waals surface area contributed by atoms with E-state index in [1.165, 1.54) is 0 Å². The summed E-state index contributed by atoms with van der Waals surface area (Å²) in [6, 6.07) is 0.218. The van der Waals surface area contributed by atoms with Crippen LogP contribution in [0.3, 0.4) is 0 Å². The fraction of sp³-hybridized carbons (Fsp3) is 0.600. The third-order valence-electron chi connectivity index (χ3n) is 0.508. The maximum atomic E-state index is 5.29. The van der Waals surface area contributed by atoms with Crippen molar-refractivity contribution in [2.75, 3.05) is 0 Å². The second-order valence-corrected chi connectivity index (χ2v) is 1.45. The molecule has 1 nitrogen and oxygen atoms in total.